The van der Waals surface area contributed by atoms with E-state index >= 15 is 0 Å². The molecular weight excluding hydrogens is 404 g/mol. The van der Waals surface area contributed by atoms with Crippen LogP contribution in [0.1, 0.15) is 35.3 Å². The molecule has 0 atom stereocenters. The van der Waals surface area contributed by atoms with Crippen molar-refractivity contribution in [2.24, 2.45) is 0 Å². The van der Waals surface area contributed by atoms with Gasteiger partial charge in [-0.2, -0.15) is 0 Å². The average Bonchev–Trinajstić information content (AvgIpc) is 3.20. The van der Waals surface area contributed by atoms with Gasteiger partial charge in [0.05, 0.1) is 12.7 Å². The SMILES string of the molecule is CC=CCn1cc(-c2ncc(C(=O)N3CCN(C)CC3)cc2OC)c2c(c1=O)CC(C)=C2. The Bertz CT molecular complexity index is 1150. The second-order valence-corrected chi connectivity index (χ2v) is 8.50. The van der Waals surface area contributed by atoms with Crippen molar-refractivity contribution in [3.05, 3.63) is 63.2 Å². The number of ether oxygens (including phenoxy) is 1. The number of hydrogen-bond donors (Lipinski definition) is 0. The molecule has 2 aromatic rings. The fourth-order valence-electron chi connectivity index (χ4n) is 4.30. The van der Waals surface area contributed by atoms with E-state index < -0.39 is 0 Å². The molecule has 0 saturated carbocycles. The Morgan fingerprint density at radius 3 is 2.69 bits per heavy atom. The number of allylic oxidation sites excluding steroid dienone is 3. The molecule has 168 valence electrons. The van der Waals surface area contributed by atoms with Crippen LogP contribution in [0.15, 0.2) is 41.0 Å². The van der Waals surface area contributed by atoms with Gasteiger partial charge in [-0.05, 0) is 38.9 Å². The molecule has 0 radical (unpaired) electrons. The molecular formula is C25H30N4O3. The third-order valence-electron chi connectivity index (χ3n) is 6.17. The molecule has 1 aliphatic heterocycles. The van der Waals surface area contributed by atoms with Crippen LogP contribution in [0, 0.1) is 0 Å². The number of carbonyl (C=O) groups is 1. The van der Waals surface area contributed by atoms with E-state index in [9.17, 15) is 9.59 Å². The number of pyridine rings is 2. The van der Waals surface area contributed by atoms with Crippen LogP contribution in [-0.2, 0) is 13.0 Å². The van der Waals surface area contributed by atoms with Crippen molar-refractivity contribution in [2.45, 2.75) is 26.8 Å². The smallest absolute Gasteiger partial charge is 0.255 e. The summed E-state index contributed by atoms with van der Waals surface area (Å²) >= 11 is 0. The Morgan fingerprint density at radius 2 is 2.00 bits per heavy atom. The van der Waals surface area contributed by atoms with Crippen LogP contribution in [0.25, 0.3) is 17.3 Å². The first-order valence-corrected chi connectivity index (χ1v) is 11.0. The summed E-state index contributed by atoms with van der Waals surface area (Å²) in [6.07, 6.45) is 10.0. The van der Waals surface area contributed by atoms with Crippen molar-refractivity contribution in [1.82, 2.24) is 19.4 Å². The Morgan fingerprint density at radius 1 is 1.25 bits per heavy atom. The van der Waals surface area contributed by atoms with Gasteiger partial charge in [-0.25, -0.2) is 0 Å². The molecule has 0 spiro atoms. The Hall–Kier alpha value is -3.19. The zero-order chi connectivity index (χ0) is 22.8. The van der Waals surface area contributed by atoms with Crippen LogP contribution in [0.2, 0.25) is 0 Å². The van der Waals surface area contributed by atoms with Gasteiger partial charge in [-0.1, -0.05) is 23.8 Å². The van der Waals surface area contributed by atoms with Crippen molar-refractivity contribution in [2.75, 3.05) is 40.3 Å². The summed E-state index contributed by atoms with van der Waals surface area (Å²) < 4.78 is 7.38. The van der Waals surface area contributed by atoms with E-state index in [0.29, 0.717) is 43.1 Å². The number of amides is 1. The monoisotopic (exact) mass is 434 g/mol. The third kappa shape index (κ3) is 4.12. The summed E-state index contributed by atoms with van der Waals surface area (Å²) in [5.74, 6) is 0.496. The first-order chi connectivity index (χ1) is 15.4. The van der Waals surface area contributed by atoms with Crippen LogP contribution < -0.4 is 10.3 Å². The maximum Gasteiger partial charge on any atom is 0.255 e. The lowest BCUT2D eigenvalue weighted by atomic mass is 10.0. The molecule has 3 heterocycles. The number of nitrogens with zero attached hydrogens (tertiary/aromatic N) is 4. The standard InChI is InChI=1S/C25H30N4O3/c1-5-6-7-29-16-21(19-12-17(2)13-20(19)25(29)31)23-22(32-4)14-18(15-26-23)24(30)28-10-8-27(3)9-11-28/h5-6,12,14-16H,7-11,13H2,1-4H3. The van der Waals surface area contributed by atoms with Crippen LogP contribution in [-0.4, -0.2) is 65.6 Å². The minimum Gasteiger partial charge on any atom is -0.494 e. The zero-order valence-electron chi connectivity index (χ0n) is 19.2. The highest BCUT2D eigenvalue weighted by atomic mass is 16.5. The summed E-state index contributed by atoms with van der Waals surface area (Å²) in [5, 5.41) is 0. The molecule has 1 amide bonds. The number of fused-ring (bicyclic) bond motifs is 1. The van der Waals surface area contributed by atoms with Gasteiger partial charge in [0.25, 0.3) is 11.5 Å². The Balaban J connectivity index is 1.76. The van der Waals surface area contributed by atoms with Gasteiger partial charge in [0, 0.05) is 56.2 Å². The number of hydrogen-bond acceptors (Lipinski definition) is 5. The minimum absolute atomic E-state index is 0.0239. The summed E-state index contributed by atoms with van der Waals surface area (Å²) in [6.45, 7) is 7.59. The molecule has 2 aromatic heterocycles. The van der Waals surface area contributed by atoms with E-state index in [-0.39, 0.29) is 11.5 Å². The predicted molar refractivity (Wildman–Crippen MR) is 126 cm³/mol. The van der Waals surface area contributed by atoms with Crippen molar-refractivity contribution >= 4 is 12.0 Å². The fraction of sp³-hybridized carbons (Fsp3) is 0.400. The van der Waals surface area contributed by atoms with Crippen LogP contribution in [0.3, 0.4) is 0 Å². The second kappa shape index (κ2) is 9.12. The van der Waals surface area contributed by atoms with Gasteiger partial charge in [0.2, 0.25) is 0 Å². The van der Waals surface area contributed by atoms with Gasteiger partial charge in [-0.15, -0.1) is 0 Å². The number of likely N-dealkylation sites (N-methyl/N-ethyl adjacent to an activating group) is 1. The first kappa shape index (κ1) is 22.0. The highest BCUT2D eigenvalue weighted by molar-refractivity contribution is 5.95. The van der Waals surface area contributed by atoms with Crippen molar-refractivity contribution in [1.29, 1.82) is 0 Å². The molecule has 4 rings (SSSR count). The maximum absolute atomic E-state index is 13.0. The number of aromatic nitrogens is 2. The van der Waals surface area contributed by atoms with Crippen LogP contribution >= 0.6 is 0 Å². The van der Waals surface area contributed by atoms with E-state index in [1.807, 2.05) is 37.1 Å². The molecule has 1 fully saturated rings. The molecule has 0 unspecified atom stereocenters. The highest BCUT2D eigenvalue weighted by Crippen LogP contribution is 2.36. The lowest BCUT2D eigenvalue weighted by Gasteiger charge is -2.32. The lowest BCUT2D eigenvalue weighted by Crippen LogP contribution is -2.47. The molecule has 32 heavy (non-hydrogen) atoms. The number of piperazine rings is 1. The summed E-state index contributed by atoms with van der Waals surface area (Å²) in [7, 11) is 3.65. The van der Waals surface area contributed by atoms with E-state index in [1.165, 1.54) is 0 Å². The van der Waals surface area contributed by atoms with Crippen molar-refractivity contribution in [3.8, 4) is 17.0 Å². The average molecular weight is 435 g/mol. The van der Waals surface area contributed by atoms with E-state index in [0.717, 1.165) is 35.4 Å². The number of rotatable bonds is 5. The third-order valence-corrected chi connectivity index (χ3v) is 6.17. The lowest BCUT2D eigenvalue weighted by molar-refractivity contribution is 0.0663. The van der Waals surface area contributed by atoms with Gasteiger partial charge < -0.3 is 19.1 Å². The number of carbonyl (C=O) groups excluding carboxylic acids is 1. The summed E-state index contributed by atoms with van der Waals surface area (Å²) in [4.78, 5) is 34.7. The Kier molecular flexibility index (Phi) is 6.28. The van der Waals surface area contributed by atoms with Gasteiger partial charge >= 0.3 is 0 Å². The van der Waals surface area contributed by atoms with E-state index in [2.05, 4.69) is 23.0 Å². The van der Waals surface area contributed by atoms with Crippen molar-refractivity contribution < 1.29 is 9.53 Å². The number of methoxy groups -OCH3 is 1. The predicted octanol–water partition coefficient (Wildman–Crippen LogP) is 2.84. The topological polar surface area (TPSA) is 67.7 Å². The van der Waals surface area contributed by atoms with Gasteiger partial charge in [0.15, 0.2) is 0 Å². The Labute approximate surface area is 188 Å². The maximum atomic E-state index is 13.0. The first-order valence-electron chi connectivity index (χ1n) is 11.0. The molecule has 0 N–H and O–H groups in total. The summed E-state index contributed by atoms with van der Waals surface area (Å²) in [6, 6.07) is 1.77. The van der Waals surface area contributed by atoms with E-state index in [1.54, 1.807) is 23.9 Å². The van der Waals surface area contributed by atoms with Crippen LogP contribution in [0.4, 0.5) is 0 Å². The molecule has 7 nitrogen and oxygen atoms in total. The molecule has 1 saturated heterocycles. The quantitative estimate of drug-likeness (QED) is 0.677. The van der Waals surface area contributed by atoms with Crippen LogP contribution in [0.5, 0.6) is 5.75 Å². The zero-order valence-corrected chi connectivity index (χ0v) is 19.2. The molecule has 7 heteroatoms. The largest absolute Gasteiger partial charge is 0.494 e. The molecule has 1 aliphatic carbocycles. The summed E-state index contributed by atoms with van der Waals surface area (Å²) in [5.41, 5.74) is 4.84. The highest BCUT2D eigenvalue weighted by Gasteiger charge is 2.25. The van der Waals surface area contributed by atoms with Crippen molar-refractivity contribution in [3.63, 3.8) is 0 Å². The van der Waals surface area contributed by atoms with E-state index in [4.69, 9.17) is 4.74 Å². The van der Waals surface area contributed by atoms with Gasteiger partial charge in [0.1, 0.15) is 11.4 Å². The normalized spacial score (nSPS) is 16.4. The molecule has 0 aromatic carbocycles. The second-order valence-electron chi connectivity index (χ2n) is 8.50. The molecule has 0 bridgehead atoms. The fourth-order valence-corrected chi connectivity index (χ4v) is 4.30. The molecule has 2 aliphatic rings. The minimum atomic E-state index is -0.0329. The van der Waals surface area contributed by atoms with Gasteiger partial charge in [-0.3, -0.25) is 14.6 Å².